The first-order valence-electron chi connectivity index (χ1n) is 8.87. The fourth-order valence-corrected chi connectivity index (χ4v) is 3.16. The highest BCUT2D eigenvalue weighted by Gasteiger charge is 2.38. The average Bonchev–Trinajstić information content (AvgIpc) is 2.71. The van der Waals surface area contributed by atoms with Crippen LogP contribution in [0.3, 0.4) is 0 Å². The first kappa shape index (κ1) is 21.2. The topological polar surface area (TPSA) is 88.2 Å². The summed E-state index contributed by atoms with van der Waals surface area (Å²) >= 11 is 6.11. The number of nitrogens with zero attached hydrogens (tertiary/aromatic N) is 2. The molecule has 0 aromatic heterocycles. The molecule has 1 heterocycles. The molecule has 0 bridgehead atoms. The summed E-state index contributed by atoms with van der Waals surface area (Å²) in [4.78, 5) is 40.7. The summed E-state index contributed by atoms with van der Waals surface area (Å²) < 4.78 is 10.4. The number of carbonyl (C=O) groups is 3. The van der Waals surface area contributed by atoms with Crippen LogP contribution in [0.2, 0.25) is 5.02 Å². The second kappa shape index (κ2) is 8.46. The molecule has 0 atom stereocenters. The molecule has 1 aliphatic rings. The van der Waals surface area contributed by atoms with E-state index in [9.17, 15) is 14.4 Å². The van der Waals surface area contributed by atoms with Crippen LogP contribution in [0.5, 0.6) is 11.5 Å². The number of anilines is 2. The van der Waals surface area contributed by atoms with Gasteiger partial charge in [0.2, 0.25) is 0 Å². The van der Waals surface area contributed by atoms with E-state index in [0.717, 1.165) is 10.6 Å². The van der Waals surface area contributed by atoms with Crippen LogP contribution in [0.15, 0.2) is 42.0 Å². The third kappa shape index (κ3) is 3.95. The van der Waals surface area contributed by atoms with Crippen LogP contribution in [-0.4, -0.2) is 46.2 Å². The number of hydrogen-bond donors (Lipinski definition) is 1. The van der Waals surface area contributed by atoms with E-state index in [1.165, 1.54) is 32.4 Å². The highest BCUT2D eigenvalue weighted by molar-refractivity contribution is 6.39. The number of rotatable bonds is 5. The van der Waals surface area contributed by atoms with Crippen LogP contribution in [0.1, 0.15) is 5.56 Å². The van der Waals surface area contributed by atoms with E-state index in [2.05, 4.69) is 5.32 Å². The molecule has 0 saturated carbocycles. The summed E-state index contributed by atoms with van der Waals surface area (Å²) in [6.07, 6.45) is 1.43. The lowest BCUT2D eigenvalue weighted by Gasteiger charge is -2.28. The number of imide groups is 2. The molecule has 4 amide bonds. The number of ether oxygens (including phenoxy) is 2. The first-order valence-corrected chi connectivity index (χ1v) is 9.25. The van der Waals surface area contributed by atoms with Gasteiger partial charge in [0.25, 0.3) is 11.8 Å². The lowest BCUT2D eigenvalue weighted by Crippen LogP contribution is -2.54. The van der Waals surface area contributed by atoms with Crippen molar-refractivity contribution >= 4 is 46.9 Å². The molecule has 0 radical (unpaired) electrons. The van der Waals surface area contributed by atoms with Gasteiger partial charge in [-0.2, -0.15) is 0 Å². The normalized spacial score (nSPS) is 15.3. The molecule has 1 aliphatic heterocycles. The zero-order valence-corrected chi connectivity index (χ0v) is 17.6. The highest BCUT2D eigenvalue weighted by atomic mass is 35.5. The maximum atomic E-state index is 13.1. The lowest BCUT2D eigenvalue weighted by atomic mass is 10.1. The Kier molecular flexibility index (Phi) is 5.98. The van der Waals surface area contributed by atoms with Gasteiger partial charge in [-0.05, 0) is 23.8 Å². The number of benzene rings is 2. The number of hydrogen-bond acceptors (Lipinski definition) is 6. The summed E-state index contributed by atoms with van der Waals surface area (Å²) in [5, 5.41) is 2.43. The van der Waals surface area contributed by atoms with E-state index < -0.39 is 17.8 Å². The fourth-order valence-electron chi connectivity index (χ4n) is 2.93. The summed E-state index contributed by atoms with van der Waals surface area (Å²) in [5.74, 6) is -1.15. The van der Waals surface area contributed by atoms with Crippen LogP contribution >= 0.6 is 11.6 Å². The zero-order valence-electron chi connectivity index (χ0n) is 16.9. The van der Waals surface area contributed by atoms with Crippen molar-refractivity contribution in [1.82, 2.24) is 5.32 Å². The molecular formula is C21H20ClN3O5. The Morgan fingerprint density at radius 3 is 2.20 bits per heavy atom. The Hall–Kier alpha value is -3.52. The van der Waals surface area contributed by atoms with Crippen molar-refractivity contribution in [1.29, 1.82) is 0 Å². The van der Waals surface area contributed by atoms with E-state index in [1.807, 2.05) is 31.1 Å². The van der Waals surface area contributed by atoms with Crippen LogP contribution in [0.4, 0.5) is 16.2 Å². The maximum absolute atomic E-state index is 13.1. The third-order valence-electron chi connectivity index (χ3n) is 4.52. The van der Waals surface area contributed by atoms with Crippen LogP contribution < -0.4 is 24.6 Å². The maximum Gasteiger partial charge on any atom is 0.336 e. The van der Waals surface area contributed by atoms with Gasteiger partial charge in [0.05, 0.1) is 24.9 Å². The minimum absolute atomic E-state index is 0.0996. The molecule has 1 fully saturated rings. The van der Waals surface area contributed by atoms with Gasteiger partial charge in [-0.1, -0.05) is 23.7 Å². The Balaban J connectivity index is 2.05. The number of methoxy groups -OCH3 is 2. The average molecular weight is 430 g/mol. The van der Waals surface area contributed by atoms with Crippen molar-refractivity contribution < 1.29 is 23.9 Å². The number of halogens is 1. The third-order valence-corrected chi connectivity index (χ3v) is 4.81. The summed E-state index contributed by atoms with van der Waals surface area (Å²) in [7, 11) is 6.59. The lowest BCUT2D eigenvalue weighted by molar-refractivity contribution is -0.122. The van der Waals surface area contributed by atoms with Crippen LogP contribution in [0.25, 0.3) is 6.08 Å². The van der Waals surface area contributed by atoms with Gasteiger partial charge in [-0.3, -0.25) is 14.9 Å². The molecule has 156 valence electrons. The molecule has 2 aromatic rings. The van der Waals surface area contributed by atoms with Gasteiger partial charge < -0.3 is 14.4 Å². The van der Waals surface area contributed by atoms with Crippen molar-refractivity contribution in [3.63, 3.8) is 0 Å². The van der Waals surface area contributed by atoms with Gasteiger partial charge in [0, 0.05) is 31.9 Å². The van der Waals surface area contributed by atoms with Crippen molar-refractivity contribution in [2.45, 2.75) is 0 Å². The molecule has 8 nitrogen and oxygen atoms in total. The number of urea groups is 1. The first-order chi connectivity index (χ1) is 14.3. The molecule has 0 aliphatic carbocycles. The van der Waals surface area contributed by atoms with E-state index in [4.69, 9.17) is 21.1 Å². The van der Waals surface area contributed by atoms with Crippen molar-refractivity contribution in [2.75, 3.05) is 38.1 Å². The van der Waals surface area contributed by atoms with E-state index in [1.54, 1.807) is 12.1 Å². The SMILES string of the molecule is COc1cc(N2C(=O)NC(=O)/C(=C\c3ccc(N(C)C)cc3)C2=O)c(OC)cc1Cl. The molecule has 1 N–H and O–H groups in total. The zero-order chi connectivity index (χ0) is 22.0. The standard InChI is InChI=1S/C21H20ClN3O5/c1-24(2)13-7-5-12(6-8-13)9-14-19(26)23-21(28)25(20(14)27)16-11-17(29-3)15(22)10-18(16)30-4/h5-11H,1-4H3,(H,23,26,28)/b14-9+. The number of nitrogens with one attached hydrogen (secondary N) is 1. The monoisotopic (exact) mass is 429 g/mol. The van der Waals surface area contributed by atoms with Gasteiger partial charge in [0.15, 0.2) is 0 Å². The Morgan fingerprint density at radius 1 is 1.00 bits per heavy atom. The van der Waals surface area contributed by atoms with Crippen molar-refractivity contribution in [3.8, 4) is 11.5 Å². The molecular weight excluding hydrogens is 410 g/mol. The van der Waals surface area contributed by atoms with Crippen LogP contribution in [0, 0.1) is 0 Å². The predicted molar refractivity (Wildman–Crippen MR) is 114 cm³/mol. The fraction of sp³-hybridized carbons (Fsp3) is 0.190. The van der Waals surface area contributed by atoms with Crippen molar-refractivity contribution in [2.24, 2.45) is 0 Å². The van der Waals surface area contributed by atoms with E-state index in [-0.39, 0.29) is 27.8 Å². The Bertz CT molecular complexity index is 1050. The van der Waals surface area contributed by atoms with Gasteiger partial charge in [-0.15, -0.1) is 0 Å². The Labute approximate surface area is 178 Å². The molecule has 1 saturated heterocycles. The summed E-state index contributed by atoms with van der Waals surface area (Å²) in [6, 6.07) is 9.19. The minimum atomic E-state index is -0.896. The molecule has 0 unspecified atom stereocenters. The molecule has 30 heavy (non-hydrogen) atoms. The number of amides is 4. The van der Waals surface area contributed by atoms with Crippen molar-refractivity contribution in [3.05, 3.63) is 52.6 Å². The molecule has 9 heteroatoms. The number of barbiturate groups is 1. The second-order valence-electron chi connectivity index (χ2n) is 6.60. The smallest absolute Gasteiger partial charge is 0.336 e. The number of carbonyl (C=O) groups excluding carboxylic acids is 3. The summed E-state index contributed by atoms with van der Waals surface area (Å²) in [5.41, 5.74) is 1.51. The summed E-state index contributed by atoms with van der Waals surface area (Å²) in [6.45, 7) is 0. The van der Waals surface area contributed by atoms with Gasteiger partial charge in [0.1, 0.15) is 17.1 Å². The second-order valence-corrected chi connectivity index (χ2v) is 7.01. The van der Waals surface area contributed by atoms with Gasteiger partial charge >= 0.3 is 6.03 Å². The Morgan fingerprint density at radius 2 is 1.63 bits per heavy atom. The van der Waals surface area contributed by atoms with E-state index >= 15 is 0 Å². The quantitative estimate of drug-likeness (QED) is 0.580. The highest BCUT2D eigenvalue weighted by Crippen LogP contribution is 2.39. The predicted octanol–water partition coefficient (Wildman–Crippen LogP) is 3.09. The molecule has 0 spiro atoms. The minimum Gasteiger partial charge on any atom is -0.495 e. The molecule has 2 aromatic carbocycles. The molecule has 3 rings (SSSR count). The van der Waals surface area contributed by atoms with Gasteiger partial charge in [-0.25, -0.2) is 9.69 Å². The van der Waals surface area contributed by atoms with Crippen LogP contribution in [-0.2, 0) is 9.59 Å². The van der Waals surface area contributed by atoms with E-state index in [0.29, 0.717) is 5.56 Å². The largest absolute Gasteiger partial charge is 0.495 e.